The number of hydrogen-bond donors (Lipinski definition) is 6. The molecule has 1 rings (SSSR count). The Kier molecular flexibility index (Phi) is 3.63. The smallest absolute Gasteiger partial charge is 0.306 e. The summed E-state index contributed by atoms with van der Waals surface area (Å²) in [7, 11) is 0. The molecule has 88 valence electrons. The molecule has 6 N–H and O–H groups in total. The van der Waals surface area contributed by atoms with Crippen LogP contribution in [-0.2, 0) is 4.79 Å². The van der Waals surface area contributed by atoms with Crippen molar-refractivity contribution in [3.05, 3.63) is 0 Å². The highest BCUT2D eigenvalue weighted by Crippen LogP contribution is 2.32. The van der Waals surface area contributed by atoms with Gasteiger partial charge in [0.1, 0.15) is 11.7 Å². The number of aliphatic hydroxyl groups is 3. The van der Waals surface area contributed by atoms with Crippen molar-refractivity contribution in [2.45, 2.75) is 30.7 Å². The average Bonchev–Trinajstić information content (AvgIpc) is 2.14. The van der Waals surface area contributed by atoms with Crippen molar-refractivity contribution in [2.24, 2.45) is 5.92 Å². The van der Waals surface area contributed by atoms with E-state index in [0.29, 0.717) is 0 Å². The fourth-order valence-corrected chi connectivity index (χ4v) is 1.91. The van der Waals surface area contributed by atoms with Gasteiger partial charge in [-0.15, -0.1) is 0 Å². The van der Waals surface area contributed by atoms with E-state index in [2.05, 4.69) is 0 Å². The molecule has 0 bridgehead atoms. The molecule has 0 heterocycles. The molecule has 0 aromatic carbocycles. The van der Waals surface area contributed by atoms with Crippen LogP contribution < -0.4 is 5.48 Å². The highest BCUT2D eigenvalue weighted by atomic mass is 16.5. The van der Waals surface area contributed by atoms with Crippen molar-refractivity contribution >= 4 is 5.97 Å². The Hall–Kier alpha value is -0.730. The largest absolute Gasteiger partial charge is 0.481 e. The van der Waals surface area contributed by atoms with Crippen LogP contribution in [0, 0.1) is 5.92 Å². The molecule has 1 aliphatic carbocycles. The lowest BCUT2D eigenvalue weighted by Crippen LogP contribution is -2.59. The molecule has 0 aliphatic heterocycles. The summed E-state index contributed by atoms with van der Waals surface area (Å²) in [6.07, 6.45) is -3.09. The molecule has 0 saturated heterocycles. The van der Waals surface area contributed by atoms with E-state index in [1.54, 1.807) is 5.48 Å². The van der Waals surface area contributed by atoms with E-state index in [1.165, 1.54) is 0 Å². The molecular weight excluding hydrogens is 206 g/mol. The summed E-state index contributed by atoms with van der Waals surface area (Å²) >= 11 is 0. The molecule has 7 nitrogen and oxygen atoms in total. The van der Waals surface area contributed by atoms with E-state index >= 15 is 0 Å². The van der Waals surface area contributed by atoms with Gasteiger partial charge in [-0.05, 0) is 12.8 Å². The standard InChI is InChI=1S/C8H15NO6/c10-5-1-4(7(12)13)2-8(14,3-9-15)6(5)11/h4-6,9-11,14-15H,1-3H2,(H,12,13). The minimum Gasteiger partial charge on any atom is -0.481 e. The monoisotopic (exact) mass is 221 g/mol. The summed E-state index contributed by atoms with van der Waals surface area (Å²) in [5, 5.41) is 45.9. The van der Waals surface area contributed by atoms with Crippen LogP contribution in [0.15, 0.2) is 0 Å². The first-order chi connectivity index (χ1) is 6.90. The second-order valence-corrected chi connectivity index (χ2v) is 3.93. The van der Waals surface area contributed by atoms with Crippen LogP contribution in [0.4, 0.5) is 0 Å². The minimum atomic E-state index is -1.82. The van der Waals surface area contributed by atoms with E-state index in [0.717, 1.165) is 0 Å². The summed E-state index contributed by atoms with van der Waals surface area (Å²) in [4.78, 5) is 10.7. The molecule has 0 amide bonds. The second-order valence-electron chi connectivity index (χ2n) is 3.93. The van der Waals surface area contributed by atoms with E-state index in [1.807, 2.05) is 0 Å². The zero-order valence-electron chi connectivity index (χ0n) is 8.00. The van der Waals surface area contributed by atoms with Gasteiger partial charge in [-0.25, -0.2) is 5.48 Å². The van der Waals surface area contributed by atoms with Crippen molar-refractivity contribution < 1.29 is 30.4 Å². The fraction of sp³-hybridized carbons (Fsp3) is 0.875. The molecular formula is C8H15NO6. The predicted octanol–water partition coefficient (Wildman–Crippen LogP) is -2.09. The lowest BCUT2D eigenvalue weighted by atomic mass is 9.74. The highest BCUT2D eigenvalue weighted by Gasteiger charge is 2.48. The molecule has 15 heavy (non-hydrogen) atoms. The molecule has 4 atom stereocenters. The van der Waals surface area contributed by atoms with Crippen molar-refractivity contribution in [2.75, 3.05) is 6.54 Å². The molecule has 1 aliphatic rings. The first-order valence-electron chi connectivity index (χ1n) is 4.59. The Labute approximate surface area is 85.9 Å². The Morgan fingerprint density at radius 2 is 2.07 bits per heavy atom. The Bertz CT molecular complexity index is 247. The third-order valence-electron chi connectivity index (χ3n) is 2.78. The van der Waals surface area contributed by atoms with Gasteiger partial charge in [0, 0.05) is 0 Å². The van der Waals surface area contributed by atoms with Crippen LogP contribution in [0.5, 0.6) is 0 Å². The summed E-state index contributed by atoms with van der Waals surface area (Å²) in [6, 6.07) is 0. The Morgan fingerprint density at radius 1 is 1.47 bits per heavy atom. The maximum absolute atomic E-state index is 10.7. The highest BCUT2D eigenvalue weighted by molar-refractivity contribution is 5.70. The first-order valence-corrected chi connectivity index (χ1v) is 4.59. The molecule has 1 saturated carbocycles. The second kappa shape index (κ2) is 4.42. The zero-order valence-corrected chi connectivity index (χ0v) is 8.00. The third-order valence-corrected chi connectivity index (χ3v) is 2.78. The third kappa shape index (κ3) is 2.44. The average molecular weight is 221 g/mol. The lowest BCUT2D eigenvalue weighted by molar-refractivity contribution is -0.181. The quantitative estimate of drug-likeness (QED) is 0.301. The van der Waals surface area contributed by atoms with Crippen LogP contribution in [-0.4, -0.2) is 56.0 Å². The summed E-state index contributed by atoms with van der Waals surface area (Å²) < 4.78 is 0. The Morgan fingerprint density at radius 3 is 2.53 bits per heavy atom. The molecule has 0 spiro atoms. The molecule has 0 aromatic rings. The zero-order chi connectivity index (χ0) is 11.6. The Balaban J connectivity index is 2.80. The normalized spacial score (nSPS) is 41.5. The van der Waals surface area contributed by atoms with Gasteiger partial charge in [-0.1, -0.05) is 0 Å². The number of rotatable bonds is 3. The number of carboxylic acid groups (broad SMARTS) is 1. The van der Waals surface area contributed by atoms with E-state index in [9.17, 15) is 20.1 Å². The van der Waals surface area contributed by atoms with Crippen LogP contribution in [0.3, 0.4) is 0 Å². The number of carboxylic acids is 1. The van der Waals surface area contributed by atoms with Gasteiger partial charge >= 0.3 is 5.97 Å². The van der Waals surface area contributed by atoms with Crippen molar-refractivity contribution in [3.8, 4) is 0 Å². The SMILES string of the molecule is O=C(O)C1CC(O)C(O)C(O)(CNO)C1. The number of carbonyl (C=O) groups is 1. The van der Waals surface area contributed by atoms with Crippen LogP contribution in [0.2, 0.25) is 0 Å². The van der Waals surface area contributed by atoms with Gasteiger partial charge in [-0.2, -0.15) is 0 Å². The van der Waals surface area contributed by atoms with E-state index in [-0.39, 0.29) is 12.8 Å². The number of nitrogens with one attached hydrogen (secondary N) is 1. The summed E-state index contributed by atoms with van der Waals surface area (Å²) in [5.74, 6) is -2.07. The van der Waals surface area contributed by atoms with Crippen LogP contribution in [0.25, 0.3) is 0 Å². The number of aliphatic hydroxyl groups excluding tert-OH is 2. The molecule has 0 aromatic heterocycles. The number of hydroxylamine groups is 1. The van der Waals surface area contributed by atoms with Gasteiger partial charge in [0.05, 0.1) is 18.6 Å². The fourth-order valence-electron chi connectivity index (χ4n) is 1.91. The van der Waals surface area contributed by atoms with E-state index in [4.69, 9.17) is 10.3 Å². The number of aliphatic carboxylic acids is 1. The van der Waals surface area contributed by atoms with Crippen molar-refractivity contribution in [1.82, 2.24) is 5.48 Å². The molecule has 7 heteroatoms. The maximum Gasteiger partial charge on any atom is 0.306 e. The summed E-state index contributed by atoms with van der Waals surface area (Å²) in [5.41, 5.74) is -0.150. The summed E-state index contributed by atoms with van der Waals surface area (Å²) in [6.45, 7) is -0.394. The number of hydrogen-bond acceptors (Lipinski definition) is 6. The van der Waals surface area contributed by atoms with Gasteiger partial charge in [-0.3, -0.25) is 4.79 Å². The molecule has 0 radical (unpaired) electrons. The minimum absolute atomic E-state index is 0.107. The van der Waals surface area contributed by atoms with Crippen molar-refractivity contribution in [1.29, 1.82) is 0 Å². The topological polar surface area (TPSA) is 130 Å². The van der Waals surface area contributed by atoms with E-state index < -0.39 is 36.2 Å². The van der Waals surface area contributed by atoms with Gasteiger partial charge in [0.15, 0.2) is 0 Å². The predicted molar refractivity (Wildman–Crippen MR) is 47.1 cm³/mol. The van der Waals surface area contributed by atoms with Gasteiger partial charge in [0.2, 0.25) is 0 Å². The van der Waals surface area contributed by atoms with Crippen LogP contribution >= 0.6 is 0 Å². The molecule has 4 unspecified atom stereocenters. The first kappa shape index (κ1) is 12.3. The van der Waals surface area contributed by atoms with Gasteiger partial charge in [0.25, 0.3) is 0 Å². The van der Waals surface area contributed by atoms with Gasteiger partial charge < -0.3 is 25.6 Å². The lowest BCUT2D eigenvalue weighted by Gasteiger charge is -2.41. The van der Waals surface area contributed by atoms with Crippen molar-refractivity contribution in [3.63, 3.8) is 0 Å². The molecule has 1 fully saturated rings. The maximum atomic E-state index is 10.7. The van der Waals surface area contributed by atoms with Crippen LogP contribution in [0.1, 0.15) is 12.8 Å².